The summed E-state index contributed by atoms with van der Waals surface area (Å²) < 4.78 is 2.22. The highest BCUT2D eigenvalue weighted by Crippen LogP contribution is 2.13. The molecule has 1 atom stereocenters. The molecule has 0 aliphatic carbocycles. The highest BCUT2D eigenvalue weighted by atomic mass is 15.1. The lowest BCUT2D eigenvalue weighted by Crippen LogP contribution is -2.24. The summed E-state index contributed by atoms with van der Waals surface area (Å²) in [6.07, 6.45) is 5.73. The summed E-state index contributed by atoms with van der Waals surface area (Å²) in [5.74, 6) is 0.846. The Bertz CT molecular complexity index is 319. The first-order chi connectivity index (χ1) is 7.78. The summed E-state index contributed by atoms with van der Waals surface area (Å²) in [5, 5.41) is 3.56. The summed E-state index contributed by atoms with van der Waals surface area (Å²) in [4.78, 5) is 2.42. The van der Waals surface area contributed by atoms with Crippen molar-refractivity contribution >= 4 is 0 Å². The van der Waals surface area contributed by atoms with Gasteiger partial charge in [0.15, 0.2) is 0 Å². The average molecular weight is 221 g/mol. The summed E-state index contributed by atoms with van der Waals surface area (Å²) in [6.45, 7) is 7.91. The molecule has 2 rings (SSSR count). The molecular formula is C13H23N3. The lowest BCUT2D eigenvalue weighted by atomic mass is 10.1. The predicted molar refractivity (Wildman–Crippen MR) is 67.4 cm³/mol. The number of rotatable bonds is 5. The van der Waals surface area contributed by atoms with E-state index in [4.69, 9.17) is 0 Å². The normalized spacial score (nSPS) is 21.8. The number of aryl methyl sites for hydroxylation is 1. The molecule has 1 aromatic heterocycles. The van der Waals surface area contributed by atoms with Crippen LogP contribution in [0.4, 0.5) is 0 Å². The molecule has 0 spiro atoms. The highest BCUT2D eigenvalue weighted by molar-refractivity contribution is 5.09. The first kappa shape index (κ1) is 11.7. The van der Waals surface area contributed by atoms with Gasteiger partial charge in [-0.1, -0.05) is 0 Å². The van der Waals surface area contributed by atoms with Crippen molar-refractivity contribution in [3.05, 3.63) is 24.0 Å². The Labute approximate surface area is 98.4 Å². The zero-order chi connectivity index (χ0) is 11.4. The van der Waals surface area contributed by atoms with Gasteiger partial charge in [-0.05, 0) is 51.0 Å². The van der Waals surface area contributed by atoms with Gasteiger partial charge in [-0.25, -0.2) is 0 Å². The molecular weight excluding hydrogens is 198 g/mol. The third-order valence-corrected chi connectivity index (χ3v) is 3.43. The standard InChI is InChI=1S/C13H23N3/c1-3-16-7-5-13(11-16)9-14-8-12-4-6-15(2)10-12/h5,7,11-12,14H,3-4,6,8-10H2,1-2H3. The van der Waals surface area contributed by atoms with Gasteiger partial charge in [0, 0.05) is 32.0 Å². The molecule has 1 saturated heterocycles. The Morgan fingerprint density at radius 3 is 3.00 bits per heavy atom. The van der Waals surface area contributed by atoms with Crippen LogP contribution in [0.25, 0.3) is 0 Å². The second-order valence-corrected chi connectivity index (χ2v) is 4.90. The fourth-order valence-corrected chi connectivity index (χ4v) is 2.41. The number of hydrogen-bond acceptors (Lipinski definition) is 2. The Kier molecular flexibility index (Phi) is 4.02. The number of nitrogens with zero attached hydrogens (tertiary/aromatic N) is 2. The molecule has 1 unspecified atom stereocenters. The lowest BCUT2D eigenvalue weighted by Gasteiger charge is -2.11. The molecule has 1 fully saturated rings. The van der Waals surface area contributed by atoms with Gasteiger partial charge in [0.25, 0.3) is 0 Å². The Morgan fingerprint density at radius 1 is 1.50 bits per heavy atom. The second kappa shape index (κ2) is 5.51. The van der Waals surface area contributed by atoms with Crippen molar-refractivity contribution < 1.29 is 0 Å². The largest absolute Gasteiger partial charge is 0.354 e. The third kappa shape index (κ3) is 3.09. The van der Waals surface area contributed by atoms with E-state index in [9.17, 15) is 0 Å². The molecule has 1 N–H and O–H groups in total. The van der Waals surface area contributed by atoms with Gasteiger partial charge in [0.2, 0.25) is 0 Å². The topological polar surface area (TPSA) is 20.2 Å². The quantitative estimate of drug-likeness (QED) is 0.814. The number of nitrogens with one attached hydrogen (secondary N) is 1. The van der Waals surface area contributed by atoms with E-state index in [-0.39, 0.29) is 0 Å². The van der Waals surface area contributed by atoms with Crippen molar-refractivity contribution in [2.45, 2.75) is 26.4 Å². The zero-order valence-electron chi connectivity index (χ0n) is 10.4. The molecule has 3 heteroatoms. The fourth-order valence-electron chi connectivity index (χ4n) is 2.41. The van der Waals surface area contributed by atoms with Crippen LogP contribution in [0.3, 0.4) is 0 Å². The maximum atomic E-state index is 3.56. The summed E-state index contributed by atoms with van der Waals surface area (Å²) >= 11 is 0. The van der Waals surface area contributed by atoms with Crippen LogP contribution in [0.5, 0.6) is 0 Å². The van der Waals surface area contributed by atoms with Crippen LogP contribution in [0.15, 0.2) is 18.5 Å². The molecule has 90 valence electrons. The van der Waals surface area contributed by atoms with Crippen LogP contribution in [0.2, 0.25) is 0 Å². The minimum absolute atomic E-state index is 0.846. The van der Waals surface area contributed by atoms with Crippen LogP contribution in [0.1, 0.15) is 18.9 Å². The van der Waals surface area contributed by atoms with E-state index in [0.717, 1.165) is 25.6 Å². The zero-order valence-corrected chi connectivity index (χ0v) is 10.4. The molecule has 3 nitrogen and oxygen atoms in total. The molecule has 1 aromatic rings. The fraction of sp³-hybridized carbons (Fsp3) is 0.692. The molecule has 0 saturated carbocycles. The lowest BCUT2D eigenvalue weighted by molar-refractivity contribution is 0.388. The number of aromatic nitrogens is 1. The van der Waals surface area contributed by atoms with Gasteiger partial charge >= 0.3 is 0 Å². The molecule has 0 aromatic carbocycles. The Hall–Kier alpha value is -0.800. The highest BCUT2D eigenvalue weighted by Gasteiger charge is 2.18. The number of hydrogen-bond donors (Lipinski definition) is 1. The predicted octanol–water partition coefficient (Wildman–Crippen LogP) is 1.55. The monoisotopic (exact) mass is 221 g/mol. The van der Waals surface area contributed by atoms with Crippen molar-refractivity contribution in [1.82, 2.24) is 14.8 Å². The summed E-state index contributed by atoms with van der Waals surface area (Å²) in [5.41, 5.74) is 1.40. The smallest absolute Gasteiger partial charge is 0.0220 e. The van der Waals surface area contributed by atoms with Crippen molar-refractivity contribution in [1.29, 1.82) is 0 Å². The molecule has 0 bridgehead atoms. The second-order valence-electron chi connectivity index (χ2n) is 4.90. The van der Waals surface area contributed by atoms with Gasteiger partial charge < -0.3 is 14.8 Å². The van der Waals surface area contributed by atoms with E-state index >= 15 is 0 Å². The SMILES string of the molecule is CCn1ccc(CNCC2CCN(C)C2)c1. The van der Waals surface area contributed by atoms with Crippen LogP contribution in [-0.4, -0.2) is 36.1 Å². The van der Waals surface area contributed by atoms with Crippen molar-refractivity contribution in [2.24, 2.45) is 5.92 Å². The molecule has 0 radical (unpaired) electrons. The Balaban J connectivity index is 1.67. The van der Waals surface area contributed by atoms with E-state index in [2.05, 4.69) is 47.2 Å². The molecule has 1 aliphatic heterocycles. The summed E-state index contributed by atoms with van der Waals surface area (Å²) in [7, 11) is 2.21. The van der Waals surface area contributed by atoms with E-state index < -0.39 is 0 Å². The first-order valence-electron chi connectivity index (χ1n) is 6.32. The van der Waals surface area contributed by atoms with Gasteiger partial charge in [-0.2, -0.15) is 0 Å². The van der Waals surface area contributed by atoms with E-state index in [1.807, 2.05) is 0 Å². The maximum Gasteiger partial charge on any atom is 0.0220 e. The molecule has 2 heterocycles. The molecule has 16 heavy (non-hydrogen) atoms. The van der Waals surface area contributed by atoms with Crippen molar-refractivity contribution in [2.75, 3.05) is 26.7 Å². The number of likely N-dealkylation sites (tertiary alicyclic amines) is 1. The van der Waals surface area contributed by atoms with E-state index in [0.29, 0.717) is 0 Å². The van der Waals surface area contributed by atoms with Crippen LogP contribution < -0.4 is 5.32 Å². The Morgan fingerprint density at radius 2 is 2.38 bits per heavy atom. The molecule has 0 amide bonds. The van der Waals surface area contributed by atoms with Crippen LogP contribution in [0, 0.1) is 5.92 Å². The maximum absolute atomic E-state index is 3.56. The van der Waals surface area contributed by atoms with Crippen molar-refractivity contribution in [3.63, 3.8) is 0 Å². The summed E-state index contributed by atoms with van der Waals surface area (Å²) in [6, 6.07) is 2.21. The van der Waals surface area contributed by atoms with Gasteiger partial charge in [-0.15, -0.1) is 0 Å². The van der Waals surface area contributed by atoms with Gasteiger partial charge in [-0.3, -0.25) is 0 Å². The minimum Gasteiger partial charge on any atom is -0.354 e. The van der Waals surface area contributed by atoms with Gasteiger partial charge in [0.1, 0.15) is 0 Å². The third-order valence-electron chi connectivity index (χ3n) is 3.43. The van der Waals surface area contributed by atoms with Crippen LogP contribution >= 0.6 is 0 Å². The first-order valence-corrected chi connectivity index (χ1v) is 6.32. The molecule has 1 aliphatic rings. The van der Waals surface area contributed by atoms with E-state index in [1.165, 1.54) is 25.1 Å². The average Bonchev–Trinajstić information content (AvgIpc) is 2.88. The van der Waals surface area contributed by atoms with Gasteiger partial charge in [0.05, 0.1) is 0 Å². The van der Waals surface area contributed by atoms with Crippen LogP contribution in [-0.2, 0) is 13.1 Å². The van der Waals surface area contributed by atoms with Crippen molar-refractivity contribution in [3.8, 4) is 0 Å². The minimum atomic E-state index is 0.846. The van der Waals surface area contributed by atoms with E-state index in [1.54, 1.807) is 0 Å².